The van der Waals surface area contributed by atoms with Gasteiger partial charge in [0, 0.05) is 28.8 Å². The maximum absolute atomic E-state index is 4.17. The first-order chi connectivity index (χ1) is 9.25. The molecular weight excluding hydrogens is 302 g/mol. The molecule has 1 heterocycles. The summed E-state index contributed by atoms with van der Waals surface area (Å²) in [6.07, 6.45) is 1.82. The normalized spacial score (nSPS) is 10.8. The molecule has 0 atom stereocenters. The van der Waals surface area contributed by atoms with Gasteiger partial charge in [-0.2, -0.15) is 5.10 Å². The molecule has 0 aliphatic rings. The van der Waals surface area contributed by atoms with Gasteiger partial charge in [0.25, 0.3) is 0 Å². The molecule has 0 aliphatic carbocycles. The van der Waals surface area contributed by atoms with E-state index in [-0.39, 0.29) is 0 Å². The van der Waals surface area contributed by atoms with E-state index in [4.69, 9.17) is 0 Å². The highest BCUT2D eigenvalue weighted by atomic mass is 79.9. The Labute approximate surface area is 120 Å². The Hall–Kier alpha value is -1.81. The lowest BCUT2D eigenvalue weighted by Crippen LogP contribution is -2.05. The Bertz CT molecular complexity index is 718. The molecule has 0 radical (unpaired) electrons. The standard InChI is InChI=1S/C15H14BrN3/c1-19-11(8-9-18-19)10-17-15-7-6-14(16)12-4-2-3-5-13(12)15/h2-9,17H,10H2,1H3. The second-order valence-electron chi connectivity index (χ2n) is 4.44. The van der Waals surface area contributed by atoms with Crippen molar-refractivity contribution in [2.75, 3.05) is 5.32 Å². The minimum atomic E-state index is 0.766. The maximum Gasteiger partial charge on any atom is 0.0571 e. The summed E-state index contributed by atoms with van der Waals surface area (Å²) in [5.41, 5.74) is 2.30. The fraction of sp³-hybridized carbons (Fsp3) is 0.133. The van der Waals surface area contributed by atoms with E-state index in [2.05, 4.69) is 62.7 Å². The molecule has 0 aliphatic heterocycles. The van der Waals surface area contributed by atoms with Gasteiger partial charge in [-0.05, 0) is 23.6 Å². The number of nitrogens with one attached hydrogen (secondary N) is 1. The highest BCUT2D eigenvalue weighted by Gasteiger charge is 2.04. The predicted molar refractivity (Wildman–Crippen MR) is 82.2 cm³/mol. The number of halogens is 1. The average Bonchev–Trinajstić information content (AvgIpc) is 2.84. The van der Waals surface area contributed by atoms with Crippen molar-refractivity contribution in [2.24, 2.45) is 7.05 Å². The highest BCUT2D eigenvalue weighted by Crippen LogP contribution is 2.30. The lowest BCUT2D eigenvalue weighted by molar-refractivity contribution is 0.721. The van der Waals surface area contributed by atoms with Crippen molar-refractivity contribution >= 4 is 32.4 Å². The Morgan fingerprint density at radius 3 is 2.63 bits per heavy atom. The first kappa shape index (κ1) is 12.2. The second kappa shape index (κ2) is 5.05. The molecule has 96 valence electrons. The van der Waals surface area contributed by atoms with Gasteiger partial charge in [0.05, 0.1) is 12.2 Å². The number of nitrogens with zero attached hydrogens (tertiary/aromatic N) is 2. The molecule has 1 aromatic heterocycles. The fourth-order valence-electron chi connectivity index (χ4n) is 2.18. The smallest absolute Gasteiger partial charge is 0.0571 e. The maximum atomic E-state index is 4.17. The van der Waals surface area contributed by atoms with Crippen LogP contribution in [0.3, 0.4) is 0 Å². The molecule has 4 heteroatoms. The lowest BCUT2D eigenvalue weighted by atomic mass is 10.1. The summed E-state index contributed by atoms with van der Waals surface area (Å²) >= 11 is 3.59. The largest absolute Gasteiger partial charge is 0.379 e. The molecule has 0 amide bonds. The number of hydrogen-bond acceptors (Lipinski definition) is 2. The van der Waals surface area contributed by atoms with Crippen LogP contribution < -0.4 is 5.32 Å². The van der Waals surface area contributed by atoms with Gasteiger partial charge >= 0.3 is 0 Å². The molecule has 0 bridgehead atoms. The van der Waals surface area contributed by atoms with E-state index in [0.717, 1.165) is 22.4 Å². The van der Waals surface area contributed by atoms with E-state index in [9.17, 15) is 0 Å². The Balaban J connectivity index is 1.93. The molecule has 0 unspecified atom stereocenters. The van der Waals surface area contributed by atoms with Crippen LogP contribution in [0.15, 0.2) is 53.1 Å². The van der Waals surface area contributed by atoms with E-state index in [1.165, 1.54) is 10.8 Å². The highest BCUT2D eigenvalue weighted by molar-refractivity contribution is 9.10. The number of fused-ring (bicyclic) bond motifs is 1. The summed E-state index contributed by atoms with van der Waals surface area (Å²) in [5.74, 6) is 0. The van der Waals surface area contributed by atoms with Gasteiger partial charge in [0.15, 0.2) is 0 Å². The Kier molecular flexibility index (Phi) is 3.25. The molecule has 0 spiro atoms. The van der Waals surface area contributed by atoms with Crippen molar-refractivity contribution in [3.05, 3.63) is 58.8 Å². The zero-order valence-electron chi connectivity index (χ0n) is 10.6. The SMILES string of the molecule is Cn1nccc1CNc1ccc(Br)c2ccccc12. The van der Waals surface area contributed by atoms with Crippen molar-refractivity contribution in [3.8, 4) is 0 Å². The van der Waals surface area contributed by atoms with Gasteiger partial charge in [-0.1, -0.05) is 40.2 Å². The summed E-state index contributed by atoms with van der Waals surface area (Å²) in [6, 6.07) is 14.6. The Morgan fingerprint density at radius 2 is 1.89 bits per heavy atom. The van der Waals surface area contributed by atoms with E-state index in [1.807, 2.05) is 24.0 Å². The molecule has 3 nitrogen and oxygen atoms in total. The van der Waals surface area contributed by atoms with Crippen molar-refractivity contribution < 1.29 is 0 Å². The third-order valence-electron chi connectivity index (χ3n) is 3.25. The van der Waals surface area contributed by atoms with Crippen LogP contribution in [-0.4, -0.2) is 9.78 Å². The predicted octanol–water partition coefficient (Wildman–Crippen LogP) is 3.95. The quantitative estimate of drug-likeness (QED) is 0.793. The van der Waals surface area contributed by atoms with Crippen LogP contribution in [0.25, 0.3) is 10.8 Å². The van der Waals surface area contributed by atoms with Gasteiger partial charge in [-0.3, -0.25) is 4.68 Å². The Morgan fingerprint density at radius 1 is 1.11 bits per heavy atom. The first-order valence-corrected chi connectivity index (χ1v) is 6.93. The van der Waals surface area contributed by atoms with Gasteiger partial charge in [-0.25, -0.2) is 0 Å². The molecule has 3 rings (SSSR count). The first-order valence-electron chi connectivity index (χ1n) is 6.14. The topological polar surface area (TPSA) is 29.9 Å². The zero-order valence-corrected chi connectivity index (χ0v) is 12.2. The second-order valence-corrected chi connectivity index (χ2v) is 5.29. The van der Waals surface area contributed by atoms with E-state index < -0.39 is 0 Å². The van der Waals surface area contributed by atoms with Crippen molar-refractivity contribution in [1.29, 1.82) is 0 Å². The van der Waals surface area contributed by atoms with Crippen LogP contribution in [-0.2, 0) is 13.6 Å². The molecule has 0 fully saturated rings. The number of benzene rings is 2. The monoisotopic (exact) mass is 315 g/mol. The van der Waals surface area contributed by atoms with Gasteiger partial charge < -0.3 is 5.32 Å². The van der Waals surface area contributed by atoms with E-state index >= 15 is 0 Å². The molecular formula is C15H14BrN3. The van der Waals surface area contributed by atoms with Gasteiger partial charge in [-0.15, -0.1) is 0 Å². The minimum absolute atomic E-state index is 0.766. The summed E-state index contributed by atoms with van der Waals surface area (Å²) in [5, 5.41) is 10.1. The van der Waals surface area contributed by atoms with Crippen molar-refractivity contribution in [1.82, 2.24) is 9.78 Å². The zero-order chi connectivity index (χ0) is 13.2. The number of anilines is 1. The van der Waals surface area contributed by atoms with E-state index in [1.54, 1.807) is 0 Å². The van der Waals surface area contributed by atoms with Crippen LogP contribution in [0.4, 0.5) is 5.69 Å². The summed E-state index contributed by atoms with van der Waals surface area (Å²) in [7, 11) is 1.96. The van der Waals surface area contributed by atoms with Gasteiger partial charge in [0.1, 0.15) is 0 Å². The number of aromatic nitrogens is 2. The third-order valence-corrected chi connectivity index (χ3v) is 3.94. The molecule has 0 saturated heterocycles. The average molecular weight is 316 g/mol. The molecule has 3 aromatic rings. The number of aryl methyl sites for hydroxylation is 1. The van der Waals surface area contributed by atoms with E-state index in [0.29, 0.717) is 0 Å². The molecule has 0 saturated carbocycles. The fourth-order valence-corrected chi connectivity index (χ4v) is 2.65. The molecule has 2 aromatic carbocycles. The third kappa shape index (κ3) is 2.36. The summed E-state index contributed by atoms with van der Waals surface area (Å²) in [4.78, 5) is 0. The molecule has 19 heavy (non-hydrogen) atoms. The van der Waals surface area contributed by atoms with Crippen molar-refractivity contribution in [3.63, 3.8) is 0 Å². The minimum Gasteiger partial charge on any atom is -0.379 e. The van der Waals surface area contributed by atoms with Gasteiger partial charge in [0.2, 0.25) is 0 Å². The van der Waals surface area contributed by atoms with Crippen LogP contribution in [0.2, 0.25) is 0 Å². The summed E-state index contributed by atoms with van der Waals surface area (Å²) < 4.78 is 3.00. The summed E-state index contributed by atoms with van der Waals surface area (Å²) in [6.45, 7) is 0.766. The van der Waals surface area contributed by atoms with Crippen molar-refractivity contribution in [2.45, 2.75) is 6.54 Å². The number of rotatable bonds is 3. The van der Waals surface area contributed by atoms with Crippen LogP contribution in [0, 0.1) is 0 Å². The molecule has 1 N–H and O–H groups in total. The number of hydrogen-bond donors (Lipinski definition) is 1. The van der Waals surface area contributed by atoms with Crippen LogP contribution >= 0.6 is 15.9 Å². The van der Waals surface area contributed by atoms with Crippen LogP contribution in [0.1, 0.15) is 5.69 Å². The lowest BCUT2D eigenvalue weighted by Gasteiger charge is -2.11. The van der Waals surface area contributed by atoms with Crippen LogP contribution in [0.5, 0.6) is 0 Å².